The second-order valence-corrected chi connectivity index (χ2v) is 5.90. The zero-order chi connectivity index (χ0) is 18.5. The number of benzene rings is 1. The molecule has 0 fully saturated rings. The Balaban J connectivity index is 1.72. The summed E-state index contributed by atoms with van der Waals surface area (Å²) in [7, 11) is 0. The summed E-state index contributed by atoms with van der Waals surface area (Å²) in [5.74, 6) is -0.821. The summed E-state index contributed by atoms with van der Waals surface area (Å²) in [6.45, 7) is 0. The number of aromatic amines is 1. The highest BCUT2D eigenvalue weighted by atomic mass is 35.5. The molecule has 0 bridgehead atoms. The summed E-state index contributed by atoms with van der Waals surface area (Å²) in [6, 6.07) is 10.6. The predicted octanol–water partition coefficient (Wildman–Crippen LogP) is 3.71. The van der Waals surface area contributed by atoms with Crippen LogP contribution in [0.4, 0.5) is 10.2 Å². The maximum Gasteiger partial charge on any atom is 0.225 e. The van der Waals surface area contributed by atoms with Crippen molar-refractivity contribution in [3.63, 3.8) is 0 Å². The molecule has 0 unspecified atom stereocenters. The molecule has 130 valence electrons. The molecule has 2 N–H and O–H groups in total. The van der Waals surface area contributed by atoms with E-state index < -0.39 is 5.82 Å². The van der Waals surface area contributed by atoms with Crippen molar-refractivity contribution in [2.75, 3.05) is 5.32 Å². The largest absolute Gasteiger partial charge is 0.308 e. The highest BCUT2D eigenvalue weighted by Crippen LogP contribution is 2.27. The van der Waals surface area contributed by atoms with Crippen molar-refractivity contribution in [2.45, 2.75) is 12.8 Å². The van der Waals surface area contributed by atoms with Crippen LogP contribution in [-0.4, -0.2) is 21.1 Å². The fourth-order valence-corrected chi connectivity index (χ4v) is 2.54. The van der Waals surface area contributed by atoms with Gasteiger partial charge in [-0.2, -0.15) is 10.4 Å². The van der Waals surface area contributed by atoms with Crippen molar-refractivity contribution in [3.05, 3.63) is 64.7 Å². The molecule has 1 amide bonds. The van der Waals surface area contributed by atoms with Gasteiger partial charge in [-0.25, -0.2) is 4.39 Å². The number of carbonyl (C=O) groups is 1. The van der Waals surface area contributed by atoms with Crippen LogP contribution in [0.5, 0.6) is 0 Å². The summed E-state index contributed by atoms with van der Waals surface area (Å²) in [5.41, 5.74) is 1.38. The van der Waals surface area contributed by atoms with E-state index in [1.165, 1.54) is 12.3 Å². The van der Waals surface area contributed by atoms with Gasteiger partial charge in [0.15, 0.2) is 11.6 Å². The van der Waals surface area contributed by atoms with Gasteiger partial charge in [0.2, 0.25) is 5.91 Å². The molecule has 0 aliphatic carbocycles. The molecular weight excluding hydrogens is 357 g/mol. The third-order valence-corrected chi connectivity index (χ3v) is 3.98. The van der Waals surface area contributed by atoms with Gasteiger partial charge in [-0.3, -0.25) is 14.9 Å². The van der Waals surface area contributed by atoms with E-state index in [4.69, 9.17) is 11.6 Å². The van der Waals surface area contributed by atoms with E-state index in [1.807, 2.05) is 18.2 Å². The molecule has 0 saturated carbocycles. The van der Waals surface area contributed by atoms with Crippen LogP contribution in [0.1, 0.15) is 17.5 Å². The quantitative estimate of drug-likeness (QED) is 0.716. The second-order valence-electron chi connectivity index (χ2n) is 5.46. The molecule has 3 aromatic rings. The average molecular weight is 370 g/mol. The molecule has 3 rings (SSSR count). The van der Waals surface area contributed by atoms with Crippen molar-refractivity contribution < 1.29 is 9.18 Å². The second kappa shape index (κ2) is 7.76. The van der Waals surface area contributed by atoms with E-state index in [-0.39, 0.29) is 35.0 Å². The summed E-state index contributed by atoms with van der Waals surface area (Å²) in [4.78, 5) is 15.8. The van der Waals surface area contributed by atoms with Crippen LogP contribution in [0.2, 0.25) is 5.02 Å². The Morgan fingerprint density at radius 3 is 2.77 bits per heavy atom. The molecule has 8 heteroatoms. The number of hydrogen-bond acceptors (Lipinski definition) is 4. The smallest absolute Gasteiger partial charge is 0.225 e. The van der Waals surface area contributed by atoms with Crippen LogP contribution < -0.4 is 5.32 Å². The first-order valence-corrected chi connectivity index (χ1v) is 8.09. The van der Waals surface area contributed by atoms with Crippen LogP contribution in [0, 0.1) is 17.1 Å². The average Bonchev–Trinajstić information content (AvgIpc) is 3.04. The number of H-pyrrole nitrogens is 1. The van der Waals surface area contributed by atoms with Crippen LogP contribution in [0.25, 0.3) is 11.3 Å². The number of nitrogens with one attached hydrogen (secondary N) is 2. The molecule has 0 saturated heterocycles. The molecule has 0 aliphatic heterocycles. The lowest BCUT2D eigenvalue weighted by Crippen LogP contribution is -2.13. The molecule has 1 aromatic carbocycles. The molecule has 0 aliphatic rings. The van der Waals surface area contributed by atoms with Gasteiger partial charge in [0.1, 0.15) is 11.6 Å². The van der Waals surface area contributed by atoms with Crippen molar-refractivity contribution in [1.29, 1.82) is 5.26 Å². The number of amides is 1. The molecule has 6 nitrogen and oxygen atoms in total. The molecule has 2 aromatic heterocycles. The third kappa shape index (κ3) is 3.87. The van der Waals surface area contributed by atoms with Crippen LogP contribution in [-0.2, 0) is 11.2 Å². The van der Waals surface area contributed by atoms with Crippen LogP contribution in [0.3, 0.4) is 0 Å². The van der Waals surface area contributed by atoms with Gasteiger partial charge in [0, 0.05) is 23.2 Å². The van der Waals surface area contributed by atoms with Gasteiger partial charge in [-0.05, 0) is 30.2 Å². The normalized spacial score (nSPS) is 10.3. The van der Waals surface area contributed by atoms with Gasteiger partial charge in [-0.15, -0.1) is 0 Å². The van der Waals surface area contributed by atoms with Crippen molar-refractivity contribution in [3.8, 4) is 17.3 Å². The summed E-state index contributed by atoms with van der Waals surface area (Å²) >= 11 is 5.83. The van der Waals surface area contributed by atoms with Gasteiger partial charge in [0.25, 0.3) is 0 Å². The number of pyridine rings is 1. The van der Waals surface area contributed by atoms with E-state index in [0.29, 0.717) is 11.4 Å². The summed E-state index contributed by atoms with van der Waals surface area (Å²) in [5, 5.41) is 19.1. The van der Waals surface area contributed by atoms with E-state index in [0.717, 1.165) is 11.8 Å². The van der Waals surface area contributed by atoms with Gasteiger partial charge in [-0.1, -0.05) is 23.7 Å². The molecule has 0 spiro atoms. The lowest BCUT2D eigenvalue weighted by molar-refractivity contribution is -0.116. The lowest BCUT2D eigenvalue weighted by Gasteiger charge is -2.04. The number of carbonyl (C=O) groups excluding carboxylic acids is 1. The van der Waals surface area contributed by atoms with E-state index >= 15 is 0 Å². The molecular formula is C18H13ClFN5O. The Labute approximate surface area is 153 Å². The van der Waals surface area contributed by atoms with Crippen molar-refractivity contribution in [2.24, 2.45) is 0 Å². The maximum absolute atomic E-state index is 13.9. The third-order valence-electron chi connectivity index (χ3n) is 3.73. The van der Waals surface area contributed by atoms with E-state index in [2.05, 4.69) is 20.5 Å². The number of anilines is 1. The topological polar surface area (TPSA) is 94.5 Å². The standard InChI is InChI=1S/C18H13ClFN5O/c19-12-4-1-11(2-5-12)3-6-16(26)23-18-14(9-21)17(24-25-18)13-7-8-22-10-15(13)20/h1-2,4-5,7-8,10H,3,6H2,(H2,23,24,25,26). The number of aromatic nitrogens is 3. The number of nitriles is 1. The minimum atomic E-state index is -0.590. The Hall–Kier alpha value is -3.24. The van der Waals surface area contributed by atoms with Gasteiger partial charge < -0.3 is 5.32 Å². The highest BCUT2D eigenvalue weighted by Gasteiger charge is 2.18. The monoisotopic (exact) mass is 369 g/mol. The number of halogens is 2. The highest BCUT2D eigenvalue weighted by molar-refractivity contribution is 6.30. The number of rotatable bonds is 5. The first-order valence-electron chi connectivity index (χ1n) is 7.71. The molecule has 0 atom stereocenters. The number of nitrogens with zero attached hydrogens (tertiary/aromatic N) is 3. The SMILES string of the molecule is N#Cc1c(NC(=O)CCc2ccc(Cl)cc2)n[nH]c1-c1ccncc1F. The van der Waals surface area contributed by atoms with E-state index in [1.54, 1.807) is 12.1 Å². The zero-order valence-electron chi connectivity index (χ0n) is 13.5. The summed E-state index contributed by atoms with van der Waals surface area (Å²) in [6.07, 6.45) is 3.17. The van der Waals surface area contributed by atoms with Crippen molar-refractivity contribution >= 4 is 23.3 Å². The number of aryl methyl sites for hydroxylation is 1. The fourth-order valence-electron chi connectivity index (χ4n) is 2.42. The van der Waals surface area contributed by atoms with E-state index in [9.17, 15) is 14.4 Å². The Morgan fingerprint density at radius 2 is 2.08 bits per heavy atom. The van der Waals surface area contributed by atoms with Gasteiger partial charge in [0.05, 0.1) is 11.9 Å². The lowest BCUT2D eigenvalue weighted by atomic mass is 10.1. The minimum Gasteiger partial charge on any atom is -0.308 e. The Bertz CT molecular complexity index is 978. The van der Waals surface area contributed by atoms with Crippen LogP contribution in [0.15, 0.2) is 42.7 Å². The van der Waals surface area contributed by atoms with Crippen LogP contribution >= 0.6 is 11.6 Å². The summed E-state index contributed by atoms with van der Waals surface area (Å²) < 4.78 is 13.9. The number of hydrogen-bond donors (Lipinski definition) is 2. The van der Waals surface area contributed by atoms with Gasteiger partial charge >= 0.3 is 0 Å². The molecule has 2 heterocycles. The Kier molecular flexibility index (Phi) is 5.25. The first-order chi connectivity index (χ1) is 12.6. The minimum absolute atomic E-state index is 0.0648. The predicted molar refractivity (Wildman–Crippen MR) is 94.9 cm³/mol. The van der Waals surface area contributed by atoms with Crippen molar-refractivity contribution in [1.82, 2.24) is 15.2 Å². The Morgan fingerprint density at radius 1 is 1.31 bits per heavy atom. The maximum atomic E-state index is 13.9. The molecule has 0 radical (unpaired) electrons. The fraction of sp³-hybridized carbons (Fsp3) is 0.111. The zero-order valence-corrected chi connectivity index (χ0v) is 14.2. The first kappa shape index (κ1) is 17.6. The molecule has 26 heavy (non-hydrogen) atoms.